The Kier molecular flexibility index (Phi) is 4.08. The lowest BCUT2D eigenvalue weighted by Crippen LogP contribution is -1.96. The zero-order valence-corrected chi connectivity index (χ0v) is 12.3. The van der Waals surface area contributed by atoms with Crippen molar-refractivity contribution >= 4 is 23.2 Å². The molecule has 0 saturated carbocycles. The van der Waals surface area contributed by atoms with Crippen LogP contribution in [0.3, 0.4) is 0 Å². The van der Waals surface area contributed by atoms with Crippen LogP contribution in [0.2, 0.25) is 10.0 Å². The van der Waals surface area contributed by atoms with Gasteiger partial charge in [-0.25, -0.2) is 0 Å². The lowest BCUT2D eigenvalue weighted by atomic mass is 10.2. The summed E-state index contributed by atoms with van der Waals surface area (Å²) in [6.45, 7) is 0.125. The first-order valence-electron chi connectivity index (χ1n) is 6.19. The highest BCUT2D eigenvalue weighted by molar-refractivity contribution is 6.42. The van der Waals surface area contributed by atoms with E-state index in [9.17, 15) is 0 Å². The van der Waals surface area contributed by atoms with Gasteiger partial charge >= 0.3 is 0 Å². The van der Waals surface area contributed by atoms with E-state index in [1.54, 1.807) is 18.2 Å². The lowest BCUT2D eigenvalue weighted by molar-refractivity contribution is 0.243. The maximum atomic E-state index is 6.04. The fraction of sp³-hybridized carbons (Fsp3) is 0.0667. The van der Waals surface area contributed by atoms with Crippen molar-refractivity contribution in [2.75, 3.05) is 0 Å². The van der Waals surface area contributed by atoms with Crippen molar-refractivity contribution in [3.8, 4) is 17.1 Å². The highest BCUT2D eigenvalue weighted by Crippen LogP contribution is 2.31. The molecule has 1 heterocycles. The van der Waals surface area contributed by atoms with Gasteiger partial charge in [0.1, 0.15) is 10.8 Å². The molecule has 3 rings (SSSR count). The second kappa shape index (κ2) is 6.16. The van der Waals surface area contributed by atoms with E-state index in [0.29, 0.717) is 27.5 Å². The minimum atomic E-state index is 0.125. The first-order chi connectivity index (χ1) is 10.2. The Balaban J connectivity index is 1.72. The molecule has 2 aromatic carbocycles. The predicted molar refractivity (Wildman–Crippen MR) is 80.5 cm³/mol. The number of nitrogens with zero attached hydrogens (tertiary/aromatic N) is 2. The molecule has 1 aromatic heterocycles. The number of ether oxygens (including phenoxy) is 1. The third-order valence-corrected chi connectivity index (χ3v) is 3.57. The monoisotopic (exact) mass is 320 g/mol. The van der Waals surface area contributed by atoms with Crippen LogP contribution < -0.4 is 4.74 Å². The number of halogens is 2. The summed E-state index contributed by atoms with van der Waals surface area (Å²) in [6.07, 6.45) is 0. The Morgan fingerprint density at radius 3 is 2.62 bits per heavy atom. The molecule has 0 aliphatic heterocycles. The molecule has 106 valence electrons. The predicted octanol–water partition coefficient (Wildman–Crippen LogP) is 4.62. The van der Waals surface area contributed by atoms with Crippen molar-refractivity contribution < 1.29 is 9.26 Å². The van der Waals surface area contributed by atoms with Crippen LogP contribution in [0.25, 0.3) is 11.4 Å². The second-order valence-corrected chi connectivity index (χ2v) is 5.00. The molecule has 21 heavy (non-hydrogen) atoms. The van der Waals surface area contributed by atoms with E-state index in [2.05, 4.69) is 10.1 Å². The summed E-state index contributed by atoms with van der Waals surface area (Å²) >= 11 is 12.0. The molecule has 0 N–H and O–H groups in total. The number of benzene rings is 2. The van der Waals surface area contributed by atoms with Gasteiger partial charge < -0.3 is 9.26 Å². The molecular formula is C15H10Cl2N2O2. The Labute approximate surface area is 131 Å². The van der Waals surface area contributed by atoms with Crippen molar-refractivity contribution in [1.82, 2.24) is 10.1 Å². The SMILES string of the molecule is Clc1cccc(OCc2nc(-c3ccccc3)no2)c1Cl. The molecule has 0 radical (unpaired) electrons. The third-order valence-electron chi connectivity index (χ3n) is 2.77. The highest BCUT2D eigenvalue weighted by Gasteiger charge is 2.11. The Bertz CT molecular complexity index is 744. The topological polar surface area (TPSA) is 48.2 Å². The van der Waals surface area contributed by atoms with Crippen LogP contribution in [0.15, 0.2) is 53.1 Å². The largest absolute Gasteiger partial charge is 0.482 e. The van der Waals surface area contributed by atoms with Crippen molar-refractivity contribution in [3.63, 3.8) is 0 Å². The average molecular weight is 321 g/mol. The van der Waals surface area contributed by atoms with Gasteiger partial charge in [0, 0.05) is 5.56 Å². The second-order valence-electron chi connectivity index (χ2n) is 4.22. The summed E-state index contributed by atoms with van der Waals surface area (Å²) < 4.78 is 10.7. The first kappa shape index (κ1) is 13.9. The van der Waals surface area contributed by atoms with E-state index in [1.807, 2.05) is 30.3 Å². The minimum absolute atomic E-state index is 0.125. The maximum Gasteiger partial charge on any atom is 0.264 e. The zero-order chi connectivity index (χ0) is 14.7. The molecule has 0 atom stereocenters. The van der Waals surface area contributed by atoms with Crippen molar-refractivity contribution in [2.45, 2.75) is 6.61 Å². The highest BCUT2D eigenvalue weighted by atomic mass is 35.5. The minimum Gasteiger partial charge on any atom is -0.482 e. The van der Waals surface area contributed by atoms with Crippen molar-refractivity contribution in [2.24, 2.45) is 0 Å². The third kappa shape index (κ3) is 3.17. The first-order valence-corrected chi connectivity index (χ1v) is 6.94. The molecule has 0 bridgehead atoms. The van der Waals surface area contributed by atoms with Crippen LogP contribution >= 0.6 is 23.2 Å². The van der Waals surface area contributed by atoms with Crippen LogP contribution in [0.5, 0.6) is 5.75 Å². The van der Waals surface area contributed by atoms with Gasteiger partial charge in [0.15, 0.2) is 6.61 Å². The molecule has 3 aromatic rings. The van der Waals surface area contributed by atoms with Crippen molar-refractivity contribution in [1.29, 1.82) is 0 Å². The summed E-state index contributed by atoms with van der Waals surface area (Å²) in [5, 5.41) is 4.71. The quantitative estimate of drug-likeness (QED) is 0.703. The zero-order valence-electron chi connectivity index (χ0n) is 10.8. The Morgan fingerprint density at radius 2 is 1.81 bits per heavy atom. The molecule has 0 unspecified atom stereocenters. The number of hydrogen-bond donors (Lipinski definition) is 0. The molecule has 6 heteroatoms. The molecular weight excluding hydrogens is 311 g/mol. The van der Waals surface area contributed by atoms with Crippen LogP contribution in [-0.4, -0.2) is 10.1 Å². The molecule has 0 saturated heterocycles. The van der Waals surface area contributed by atoms with Crippen LogP contribution in [0.1, 0.15) is 5.89 Å². The van der Waals surface area contributed by atoms with Gasteiger partial charge in [-0.2, -0.15) is 4.98 Å². The Hall–Kier alpha value is -2.04. The van der Waals surface area contributed by atoms with E-state index in [0.717, 1.165) is 5.56 Å². The Morgan fingerprint density at radius 1 is 1.00 bits per heavy atom. The van der Waals surface area contributed by atoms with E-state index in [4.69, 9.17) is 32.5 Å². The molecule has 0 aliphatic rings. The summed E-state index contributed by atoms with van der Waals surface area (Å²) in [4.78, 5) is 4.27. The molecule has 0 fully saturated rings. The molecule has 0 aliphatic carbocycles. The smallest absolute Gasteiger partial charge is 0.264 e. The molecule has 4 nitrogen and oxygen atoms in total. The van der Waals surface area contributed by atoms with E-state index < -0.39 is 0 Å². The number of hydrogen-bond acceptors (Lipinski definition) is 4. The maximum absolute atomic E-state index is 6.04. The summed E-state index contributed by atoms with van der Waals surface area (Å²) in [6, 6.07) is 14.7. The number of rotatable bonds is 4. The van der Waals surface area contributed by atoms with Gasteiger partial charge in [-0.05, 0) is 12.1 Å². The fourth-order valence-corrected chi connectivity index (χ4v) is 2.10. The van der Waals surface area contributed by atoms with E-state index in [-0.39, 0.29) is 6.61 Å². The van der Waals surface area contributed by atoms with Gasteiger partial charge in [-0.1, -0.05) is 64.8 Å². The van der Waals surface area contributed by atoms with E-state index >= 15 is 0 Å². The van der Waals surface area contributed by atoms with Crippen LogP contribution in [-0.2, 0) is 6.61 Å². The summed E-state index contributed by atoms with van der Waals surface area (Å²) in [5.41, 5.74) is 0.883. The lowest BCUT2D eigenvalue weighted by Gasteiger charge is -2.05. The molecule has 0 spiro atoms. The number of aromatic nitrogens is 2. The normalized spacial score (nSPS) is 10.6. The van der Waals surface area contributed by atoms with Crippen molar-refractivity contribution in [3.05, 3.63) is 64.5 Å². The van der Waals surface area contributed by atoms with Gasteiger partial charge in [0.2, 0.25) is 5.82 Å². The molecule has 0 amide bonds. The standard InChI is InChI=1S/C15H10Cl2N2O2/c16-11-7-4-8-12(14(11)17)20-9-13-18-15(19-21-13)10-5-2-1-3-6-10/h1-8H,9H2. The van der Waals surface area contributed by atoms with Gasteiger partial charge in [0.25, 0.3) is 5.89 Å². The van der Waals surface area contributed by atoms with Gasteiger partial charge in [-0.15, -0.1) is 0 Å². The van der Waals surface area contributed by atoms with Crippen LogP contribution in [0, 0.1) is 0 Å². The average Bonchev–Trinajstić information content (AvgIpc) is 2.99. The summed E-state index contributed by atoms with van der Waals surface area (Å²) in [5.74, 6) is 1.36. The summed E-state index contributed by atoms with van der Waals surface area (Å²) in [7, 11) is 0. The van der Waals surface area contributed by atoms with Gasteiger partial charge in [-0.3, -0.25) is 0 Å². The van der Waals surface area contributed by atoms with E-state index in [1.165, 1.54) is 0 Å². The van der Waals surface area contributed by atoms with Gasteiger partial charge in [0.05, 0.1) is 5.02 Å². The van der Waals surface area contributed by atoms with Crippen LogP contribution in [0.4, 0.5) is 0 Å². The fourth-order valence-electron chi connectivity index (χ4n) is 1.75.